The molecule has 1 saturated heterocycles. The first kappa shape index (κ1) is 40.6. The normalized spacial score (nSPS) is 22.1. The van der Waals surface area contributed by atoms with E-state index in [1.54, 1.807) is 12.1 Å². The van der Waals surface area contributed by atoms with Crippen molar-refractivity contribution in [1.29, 1.82) is 0 Å². The van der Waals surface area contributed by atoms with Gasteiger partial charge in [-0.05, 0) is 11.6 Å². The van der Waals surface area contributed by atoms with E-state index in [0.29, 0.717) is 22.5 Å². The minimum Gasteiger partial charge on any atom is -0.508 e. The first-order valence-electron chi connectivity index (χ1n) is 17.8. The monoisotopic (exact) mass is 878 g/mol. The summed E-state index contributed by atoms with van der Waals surface area (Å²) in [5.41, 5.74) is -3.86. The number of carbonyl (C=O) groups excluding carboxylic acids is 2. The van der Waals surface area contributed by atoms with Gasteiger partial charge in [0.2, 0.25) is 5.82 Å². The number of phenolic OH excluding ortho intramolecular Hbond substituents is 1. The molecular weight excluding hydrogens is 850 g/mol. The van der Waals surface area contributed by atoms with Gasteiger partial charge in [-0.25, -0.2) is 55.4 Å². The van der Waals surface area contributed by atoms with Gasteiger partial charge in [0.05, 0.1) is 44.9 Å². The third kappa shape index (κ3) is 5.31. The number of imide groups is 1. The maximum Gasteiger partial charge on any atom is 0.347 e. The lowest BCUT2D eigenvalue weighted by atomic mass is 9.64. The van der Waals surface area contributed by atoms with E-state index in [2.05, 4.69) is 4.98 Å². The van der Waals surface area contributed by atoms with Crippen LogP contribution < -0.4 is 36.0 Å². The molecule has 15 nitrogen and oxygen atoms in total. The minimum absolute atomic E-state index is 0.0239. The summed E-state index contributed by atoms with van der Waals surface area (Å²) in [4.78, 5) is 69.0. The highest BCUT2D eigenvalue weighted by Gasteiger charge is 2.76. The molecule has 60 heavy (non-hydrogen) atoms. The summed E-state index contributed by atoms with van der Waals surface area (Å²) in [6, 6.07) is 5.32. The van der Waals surface area contributed by atoms with Gasteiger partial charge in [-0.2, -0.15) is 0 Å². The lowest BCUT2D eigenvalue weighted by Crippen LogP contribution is -2.59. The highest BCUT2D eigenvalue weighted by molar-refractivity contribution is 6.58. The first-order valence-corrected chi connectivity index (χ1v) is 18.5. The fraction of sp³-hybridized carbons (Fsp3) is 0.316. The average Bonchev–Trinajstić information content (AvgIpc) is 3.56. The van der Waals surface area contributed by atoms with E-state index in [0.717, 1.165) is 20.0 Å². The van der Waals surface area contributed by atoms with Gasteiger partial charge in [-0.3, -0.25) is 14.4 Å². The molecule has 1 N–H and O–H groups in total. The molecule has 314 valence electrons. The zero-order valence-electron chi connectivity index (χ0n) is 31.5. The number of hydrogen-bond donors (Lipinski definition) is 1. The van der Waals surface area contributed by atoms with Crippen molar-refractivity contribution in [3.05, 3.63) is 114 Å². The number of rotatable bonds is 8. The summed E-state index contributed by atoms with van der Waals surface area (Å²) in [7, 11) is 5.61. The molecule has 3 aromatic carbocycles. The van der Waals surface area contributed by atoms with Crippen molar-refractivity contribution in [2.45, 2.75) is 47.6 Å². The number of aromatic nitrogens is 5. The number of benzene rings is 3. The molecule has 2 amide bonds. The molecule has 5 aromatic rings. The number of halogens is 7. The minimum atomic E-state index is -2.87. The largest absolute Gasteiger partial charge is 0.508 e. The van der Waals surface area contributed by atoms with Gasteiger partial charge in [-0.1, -0.05) is 12.1 Å². The lowest BCUT2D eigenvalue weighted by Gasteiger charge is -2.49. The zero-order valence-corrected chi connectivity index (χ0v) is 33.0. The maximum absolute atomic E-state index is 15.3. The molecule has 1 saturated carbocycles. The Morgan fingerprint density at radius 2 is 1.48 bits per heavy atom. The van der Waals surface area contributed by atoms with Crippen LogP contribution in [0, 0.1) is 29.1 Å². The summed E-state index contributed by atoms with van der Waals surface area (Å²) >= 11 is 14.2. The van der Waals surface area contributed by atoms with Gasteiger partial charge in [-0.15, -0.1) is 23.2 Å². The van der Waals surface area contributed by atoms with Crippen LogP contribution in [0.15, 0.2) is 56.4 Å². The third-order valence-corrected chi connectivity index (χ3v) is 12.8. The molecule has 0 spiro atoms. The Hall–Kier alpha value is -6.15. The van der Waals surface area contributed by atoms with Gasteiger partial charge in [0.15, 0.2) is 44.5 Å². The Balaban J connectivity index is 1.26. The Kier molecular flexibility index (Phi) is 9.46. The Labute approximate surface area is 342 Å². The van der Waals surface area contributed by atoms with Crippen LogP contribution in [0.25, 0.3) is 11.0 Å². The van der Waals surface area contributed by atoms with Crippen LogP contribution in [-0.2, 0) is 36.1 Å². The summed E-state index contributed by atoms with van der Waals surface area (Å²) in [6.45, 7) is -0.767. The van der Waals surface area contributed by atoms with Gasteiger partial charge < -0.3 is 23.9 Å². The average molecular weight is 880 g/mol. The summed E-state index contributed by atoms with van der Waals surface area (Å²) in [5.74, 6) is -17.6. The van der Waals surface area contributed by atoms with Crippen LogP contribution in [0.4, 0.5) is 27.6 Å². The van der Waals surface area contributed by atoms with Crippen LogP contribution >= 0.6 is 23.2 Å². The number of alkyl halides is 2. The number of nitrogens with zero attached hydrogens (tertiary/aromatic N) is 6. The number of aryl methyl sites for hydroxylation is 2. The Morgan fingerprint density at radius 3 is 2.10 bits per heavy atom. The van der Waals surface area contributed by atoms with E-state index in [4.69, 9.17) is 37.4 Å². The molecule has 4 atom stereocenters. The third-order valence-electron chi connectivity index (χ3n) is 11.3. The fourth-order valence-corrected chi connectivity index (χ4v) is 9.30. The first-order chi connectivity index (χ1) is 28.4. The number of anilines is 1. The number of phenols is 1. The van der Waals surface area contributed by atoms with Crippen molar-refractivity contribution >= 4 is 51.7 Å². The molecule has 8 rings (SSSR count). The van der Waals surface area contributed by atoms with Gasteiger partial charge >= 0.3 is 11.4 Å². The Bertz CT molecular complexity index is 2940. The molecular formula is C38H29Cl2F5N6O9. The maximum atomic E-state index is 15.3. The topological polar surface area (TPSA) is 169 Å². The SMILES string of the molecule is COc1ccc(C2C3=CCn4c(=O)n(CCc5nc6cc(OC)c(OC)cc6n(C)c5=O)c(=O)n4C3CC3(Cl)C(=O)N(c4c(F)c(F)c(F)c(F)c4F)C(=O)C23Cl)c(O)c1. The van der Waals surface area contributed by atoms with Crippen molar-refractivity contribution < 1.29 is 50.9 Å². The van der Waals surface area contributed by atoms with Crippen molar-refractivity contribution in [1.82, 2.24) is 23.5 Å². The number of carbonyl (C=O) groups is 2. The molecule has 22 heteroatoms. The summed E-state index contributed by atoms with van der Waals surface area (Å²) in [5, 5.41) is 11.3. The number of aromatic hydroxyl groups is 1. The van der Waals surface area contributed by atoms with Crippen molar-refractivity contribution in [2.24, 2.45) is 7.05 Å². The van der Waals surface area contributed by atoms with Crippen molar-refractivity contribution in [3.8, 4) is 23.0 Å². The summed E-state index contributed by atoms with van der Waals surface area (Å²) in [6.07, 6.45) is 0.290. The Morgan fingerprint density at radius 1 is 0.850 bits per heavy atom. The van der Waals surface area contributed by atoms with E-state index in [1.807, 2.05) is 0 Å². The predicted molar refractivity (Wildman–Crippen MR) is 202 cm³/mol. The number of allylic oxidation sites excluding steroid dienone is 2. The van der Waals surface area contributed by atoms with Gasteiger partial charge in [0.1, 0.15) is 22.9 Å². The lowest BCUT2D eigenvalue weighted by molar-refractivity contribution is -0.122. The van der Waals surface area contributed by atoms with Crippen molar-refractivity contribution in [2.75, 3.05) is 26.2 Å². The fourth-order valence-electron chi connectivity index (χ4n) is 8.40. The molecule has 4 unspecified atom stereocenters. The standard InChI is InChI=1S/C38H29Cl2F5N6O9/c1-47-20-13-24(60-4)23(59-3)12-19(20)46-18(32(47)53)8-9-48-35(56)49-10-7-16-21(51(49)36(48)57)14-37(39)33(54)50(31-29(44)27(42)26(41)28(43)30(31)45)34(55)38(37,40)25(16)17-6-5-15(58-2)11-22(17)52/h5-7,11-13,21,25,52H,8-10,14H2,1-4H3. The van der Waals surface area contributed by atoms with Crippen molar-refractivity contribution in [3.63, 3.8) is 0 Å². The van der Waals surface area contributed by atoms with E-state index < -0.39 is 104 Å². The van der Waals surface area contributed by atoms with E-state index >= 15 is 8.78 Å². The van der Waals surface area contributed by atoms with Crippen LogP contribution in [0.3, 0.4) is 0 Å². The number of methoxy groups -OCH3 is 3. The molecule has 2 fully saturated rings. The smallest absolute Gasteiger partial charge is 0.347 e. The number of fused-ring (bicyclic) bond motifs is 5. The highest BCUT2D eigenvalue weighted by Crippen LogP contribution is 2.65. The molecule has 2 aliphatic heterocycles. The van der Waals surface area contributed by atoms with E-state index in [9.17, 15) is 42.3 Å². The van der Waals surface area contributed by atoms with Crippen LogP contribution in [0.5, 0.6) is 23.0 Å². The number of amides is 2. The molecule has 1 aliphatic carbocycles. The second kappa shape index (κ2) is 14.0. The summed E-state index contributed by atoms with van der Waals surface area (Å²) < 4.78 is 93.7. The van der Waals surface area contributed by atoms with Gasteiger partial charge in [0, 0.05) is 56.1 Å². The second-order valence-electron chi connectivity index (χ2n) is 14.2. The second-order valence-corrected chi connectivity index (χ2v) is 15.4. The van der Waals surface area contributed by atoms with Crippen LogP contribution in [0.2, 0.25) is 0 Å². The van der Waals surface area contributed by atoms with Crippen LogP contribution in [-0.4, -0.2) is 71.5 Å². The quantitative estimate of drug-likeness (QED) is 0.0603. The molecule has 4 heterocycles. The zero-order chi connectivity index (χ0) is 43.5. The van der Waals surface area contributed by atoms with E-state index in [-0.39, 0.29) is 40.4 Å². The number of ether oxygens (including phenoxy) is 3. The highest BCUT2D eigenvalue weighted by atomic mass is 35.5. The number of hydrogen-bond acceptors (Lipinski definition) is 10. The molecule has 0 bridgehead atoms. The molecule has 0 radical (unpaired) electrons. The van der Waals surface area contributed by atoms with E-state index in [1.165, 1.54) is 51.2 Å². The molecule has 2 aromatic heterocycles. The van der Waals surface area contributed by atoms with Gasteiger partial charge in [0.25, 0.3) is 17.4 Å². The van der Waals surface area contributed by atoms with Crippen LogP contribution in [0.1, 0.15) is 29.6 Å². The predicted octanol–water partition coefficient (Wildman–Crippen LogP) is 3.93. The molecule has 3 aliphatic rings.